The minimum absolute atomic E-state index is 0.231. The minimum Gasteiger partial charge on any atom is -0.251 e. The van der Waals surface area contributed by atoms with Crippen molar-refractivity contribution in [2.24, 2.45) is 4.99 Å². The van der Waals surface area contributed by atoms with Crippen LogP contribution in [0, 0.1) is 5.82 Å². The van der Waals surface area contributed by atoms with Crippen LogP contribution in [0.4, 0.5) is 4.39 Å². The Hall–Kier alpha value is -1.87. The van der Waals surface area contributed by atoms with Gasteiger partial charge in [-0.05, 0) is 31.5 Å². The number of hydrogen-bond donors (Lipinski definition) is 0. The Labute approximate surface area is 128 Å². The predicted molar refractivity (Wildman–Crippen MR) is 87.3 cm³/mol. The van der Waals surface area contributed by atoms with E-state index < -0.39 is 0 Å². The zero-order valence-corrected chi connectivity index (χ0v) is 12.9. The third-order valence-electron chi connectivity index (χ3n) is 3.52. The van der Waals surface area contributed by atoms with Crippen molar-refractivity contribution in [2.75, 3.05) is 0 Å². The van der Waals surface area contributed by atoms with E-state index in [0.29, 0.717) is 5.56 Å². The quantitative estimate of drug-likeness (QED) is 0.722. The Morgan fingerprint density at radius 3 is 2.38 bits per heavy atom. The van der Waals surface area contributed by atoms with Crippen LogP contribution in [0.5, 0.6) is 0 Å². The Kier molecular flexibility index (Phi) is 3.93. The summed E-state index contributed by atoms with van der Waals surface area (Å²) in [6.07, 6.45) is 0.838. The van der Waals surface area contributed by atoms with Gasteiger partial charge < -0.3 is 0 Å². The summed E-state index contributed by atoms with van der Waals surface area (Å²) in [6, 6.07) is 14.9. The summed E-state index contributed by atoms with van der Waals surface area (Å²) < 4.78 is 14.2. The summed E-state index contributed by atoms with van der Waals surface area (Å²) in [5.41, 5.74) is 3.31. The molecule has 0 amide bonds. The van der Waals surface area contributed by atoms with Crippen LogP contribution in [-0.2, 0) is 0 Å². The van der Waals surface area contributed by atoms with Gasteiger partial charge in [0.05, 0.1) is 11.4 Å². The van der Waals surface area contributed by atoms with E-state index in [1.165, 1.54) is 11.0 Å². The molecular formula is C18H16FNS. The highest BCUT2D eigenvalue weighted by Gasteiger charge is 2.19. The molecule has 0 atom stereocenters. The van der Waals surface area contributed by atoms with Crippen molar-refractivity contribution in [2.45, 2.75) is 25.2 Å². The molecule has 0 spiro atoms. The molecule has 1 aliphatic heterocycles. The Morgan fingerprint density at radius 1 is 1.00 bits per heavy atom. The molecule has 2 aromatic carbocycles. The molecule has 3 rings (SSSR count). The van der Waals surface area contributed by atoms with Crippen molar-refractivity contribution < 1.29 is 4.39 Å². The molecule has 0 fully saturated rings. The van der Waals surface area contributed by atoms with E-state index in [1.54, 1.807) is 23.9 Å². The third kappa shape index (κ3) is 2.66. The molecule has 0 N–H and O–H groups in total. The van der Waals surface area contributed by atoms with E-state index >= 15 is 0 Å². The van der Waals surface area contributed by atoms with Gasteiger partial charge in [0, 0.05) is 20.9 Å². The normalized spacial score (nSPS) is 14.5. The molecule has 0 saturated heterocycles. The van der Waals surface area contributed by atoms with E-state index in [4.69, 9.17) is 4.99 Å². The van der Waals surface area contributed by atoms with Gasteiger partial charge >= 0.3 is 0 Å². The lowest BCUT2D eigenvalue weighted by Gasteiger charge is -2.10. The summed E-state index contributed by atoms with van der Waals surface area (Å²) in [5.74, 6) is -0.231. The molecule has 1 heterocycles. The maximum atomic E-state index is 14.2. The highest BCUT2D eigenvalue weighted by atomic mass is 32.2. The first kappa shape index (κ1) is 14.1. The van der Waals surface area contributed by atoms with Crippen LogP contribution in [0.1, 0.15) is 31.4 Å². The molecule has 0 radical (unpaired) electrons. The zero-order chi connectivity index (χ0) is 14.8. The molecule has 0 saturated carbocycles. The van der Waals surface area contributed by atoms with Gasteiger partial charge in [-0.1, -0.05) is 49.0 Å². The maximum absolute atomic E-state index is 14.2. The Bertz CT molecular complexity index is 746. The largest absolute Gasteiger partial charge is 0.251 e. The molecule has 0 aliphatic carbocycles. The highest BCUT2D eigenvalue weighted by molar-refractivity contribution is 8.03. The van der Waals surface area contributed by atoms with Gasteiger partial charge in [0.2, 0.25) is 0 Å². The molecular weight excluding hydrogens is 281 g/mol. The fourth-order valence-corrected chi connectivity index (χ4v) is 3.49. The highest BCUT2D eigenvalue weighted by Crippen LogP contribution is 2.37. The number of rotatable bonds is 2. The van der Waals surface area contributed by atoms with Crippen molar-refractivity contribution in [1.29, 1.82) is 0 Å². The number of hydrogen-bond acceptors (Lipinski definition) is 2. The van der Waals surface area contributed by atoms with E-state index in [2.05, 4.69) is 19.9 Å². The fourth-order valence-electron chi connectivity index (χ4n) is 2.44. The molecule has 0 bridgehead atoms. The summed E-state index contributed by atoms with van der Waals surface area (Å²) in [7, 11) is 0. The number of nitrogens with zero attached hydrogens (tertiary/aromatic N) is 1. The van der Waals surface area contributed by atoms with Gasteiger partial charge in [0.15, 0.2) is 0 Å². The second-order valence-corrected chi connectivity index (χ2v) is 6.15. The number of benzene rings is 2. The van der Waals surface area contributed by atoms with Gasteiger partial charge in [-0.15, -0.1) is 0 Å². The molecule has 0 unspecified atom stereocenters. The van der Waals surface area contributed by atoms with Crippen molar-refractivity contribution in [1.82, 2.24) is 0 Å². The van der Waals surface area contributed by atoms with Gasteiger partial charge in [-0.2, -0.15) is 0 Å². The number of aliphatic imine (C=N–C) groups is 1. The Morgan fingerprint density at radius 2 is 1.67 bits per heavy atom. The van der Waals surface area contributed by atoms with Crippen molar-refractivity contribution in [3.63, 3.8) is 0 Å². The fraction of sp³-hybridized carbons (Fsp3) is 0.167. The van der Waals surface area contributed by atoms with Crippen LogP contribution < -0.4 is 0 Å². The smallest absolute Gasteiger partial charge is 0.132 e. The molecule has 2 aromatic rings. The second-order valence-electron chi connectivity index (χ2n) is 4.89. The summed E-state index contributed by atoms with van der Waals surface area (Å²) in [6.45, 7) is 4.16. The second kappa shape index (κ2) is 5.86. The minimum atomic E-state index is -0.231. The third-order valence-corrected chi connectivity index (χ3v) is 4.64. The number of allylic oxidation sites excluding steroid dienone is 2. The number of fused-ring (bicyclic) bond motifs is 1. The average molecular weight is 297 g/mol. The van der Waals surface area contributed by atoms with Crippen LogP contribution in [0.15, 0.2) is 69.0 Å². The summed E-state index contributed by atoms with van der Waals surface area (Å²) in [5, 5.41) is 0. The molecule has 21 heavy (non-hydrogen) atoms. The van der Waals surface area contributed by atoms with E-state index in [1.807, 2.05) is 24.3 Å². The Balaban J connectivity index is 2.27. The molecule has 0 aromatic heterocycles. The van der Waals surface area contributed by atoms with Crippen LogP contribution in [0.2, 0.25) is 0 Å². The van der Waals surface area contributed by atoms with Crippen LogP contribution in [0.3, 0.4) is 0 Å². The van der Waals surface area contributed by atoms with Crippen LogP contribution >= 0.6 is 11.8 Å². The van der Waals surface area contributed by atoms with Crippen LogP contribution in [0.25, 0.3) is 0 Å². The van der Waals surface area contributed by atoms with Crippen LogP contribution in [-0.4, -0.2) is 5.71 Å². The first-order chi connectivity index (χ1) is 10.2. The zero-order valence-electron chi connectivity index (χ0n) is 12.1. The van der Waals surface area contributed by atoms with Gasteiger partial charge in [-0.3, -0.25) is 4.99 Å². The van der Waals surface area contributed by atoms with Crippen molar-refractivity contribution in [3.8, 4) is 0 Å². The lowest BCUT2D eigenvalue weighted by Crippen LogP contribution is -2.07. The molecule has 1 aliphatic rings. The molecule has 1 nitrogen and oxygen atoms in total. The standard InChI is InChI=1S/C18H16FNS/c1-3-16-12(2)21-17-11-7-5-9-14(17)18(20-16)13-8-4-6-10-15(13)19/h4-11H,3H2,1-2H3. The van der Waals surface area contributed by atoms with E-state index in [-0.39, 0.29) is 5.82 Å². The summed E-state index contributed by atoms with van der Waals surface area (Å²) >= 11 is 1.71. The number of halogens is 1. The van der Waals surface area contributed by atoms with Gasteiger partial charge in [0.1, 0.15) is 5.82 Å². The van der Waals surface area contributed by atoms with E-state index in [9.17, 15) is 4.39 Å². The van der Waals surface area contributed by atoms with Gasteiger partial charge in [0.25, 0.3) is 0 Å². The predicted octanol–water partition coefficient (Wildman–Crippen LogP) is 5.41. The average Bonchev–Trinajstić information content (AvgIpc) is 2.64. The van der Waals surface area contributed by atoms with Crippen molar-refractivity contribution in [3.05, 3.63) is 76.1 Å². The van der Waals surface area contributed by atoms with Crippen molar-refractivity contribution >= 4 is 17.5 Å². The lowest BCUT2D eigenvalue weighted by molar-refractivity contribution is 0.625. The van der Waals surface area contributed by atoms with E-state index in [0.717, 1.165) is 28.3 Å². The first-order valence-corrected chi connectivity index (χ1v) is 7.83. The molecule has 106 valence electrons. The summed E-state index contributed by atoms with van der Waals surface area (Å²) in [4.78, 5) is 7.09. The number of thioether (sulfide) groups is 1. The maximum Gasteiger partial charge on any atom is 0.132 e. The topological polar surface area (TPSA) is 12.4 Å². The first-order valence-electron chi connectivity index (χ1n) is 7.01. The lowest BCUT2D eigenvalue weighted by atomic mass is 10.0. The monoisotopic (exact) mass is 297 g/mol. The molecule has 3 heteroatoms. The van der Waals surface area contributed by atoms with Gasteiger partial charge in [-0.25, -0.2) is 4.39 Å². The SMILES string of the molecule is CCC1=C(C)Sc2ccccc2C(c2ccccc2F)=N1.